The van der Waals surface area contributed by atoms with E-state index in [9.17, 15) is 4.79 Å². The maximum absolute atomic E-state index is 11.9. The molecule has 0 amide bonds. The lowest BCUT2D eigenvalue weighted by atomic mass is 10.0. The average Bonchev–Trinajstić information content (AvgIpc) is 2.81. The highest BCUT2D eigenvalue weighted by molar-refractivity contribution is 5.55. The van der Waals surface area contributed by atoms with Gasteiger partial charge in [0, 0.05) is 43.2 Å². The van der Waals surface area contributed by atoms with Crippen molar-refractivity contribution in [1.29, 1.82) is 0 Å². The van der Waals surface area contributed by atoms with Gasteiger partial charge in [-0.15, -0.1) is 0 Å². The highest BCUT2D eigenvalue weighted by atomic mass is 16.5. The van der Waals surface area contributed by atoms with Crippen molar-refractivity contribution in [3.05, 3.63) is 75.8 Å². The molecule has 0 saturated carbocycles. The molecular formula is C24H29N5O2. The molecule has 1 fully saturated rings. The molecule has 1 aliphatic rings. The van der Waals surface area contributed by atoms with Gasteiger partial charge in [-0.25, -0.2) is 9.97 Å². The molecule has 1 saturated heterocycles. The monoisotopic (exact) mass is 419 g/mol. The summed E-state index contributed by atoms with van der Waals surface area (Å²) >= 11 is 0. The zero-order chi connectivity index (χ0) is 21.6. The van der Waals surface area contributed by atoms with Crippen LogP contribution in [0, 0.1) is 6.92 Å². The van der Waals surface area contributed by atoms with Crippen LogP contribution in [-0.2, 0) is 11.2 Å². The summed E-state index contributed by atoms with van der Waals surface area (Å²) in [6, 6.07) is 14.4. The molecule has 3 heterocycles. The van der Waals surface area contributed by atoms with Crippen LogP contribution < -0.4 is 10.9 Å². The van der Waals surface area contributed by atoms with E-state index in [2.05, 4.69) is 56.4 Å². The summed E-state index contributed by atoms with van der Waals surface area (Å²) in [6.07, 6.45) is 2.46. The Morgan fingerprint density at radius 1 is 1.16 bits per heavy atom. The Kier molecular flexibility index (Phi) is 6.74. The van der Waals surface area contributed by atoms with E-state index in [-0.39, 0.29) is 11.6 Å². The standard InChI is InChI=1S/C24H29N5O2/c1-3-20-14-23(30)28-24(27-20)19-8-9-22(25-15-19)26-16-21(29-10-12-31-13-11-29)18-6-4-17(2)5-7-18/h4-9,14-15,21H,3,10-13,16H2,1-2H3,(H,25,26)(H,27,28,30). The van der Waals surface area contributed by atoms with Crippen LogP contribution in [0.25, 0.3) is 11.4 Å². The quantitative estimate of drug-likeness (QED) is 0.612. The molecule has 1 aliphatic heterocycles. The fraction of sp³-hybridized carbons (Fsp3) is 0.375. The molecule has 31 heavy (non-hydrogen) atoms. The molecule has 7 heteroatoms. The minimum atomic E-state index is -0.143. The molecule has 1 aromatic carbocycles. The summed E-state index contributed by atoms with van der Waals surface area (Å²) in [7, 11) is 0. The van der Waals surface area contributed by atoms with Crippen molar-refractivity contribution in [2.24, 2.45) is 0 Å². The lowest BCUT2D eigenvalue weighted by Gasteiger charge is -2.35. The van der Waals surface area contributed by atoms with Crippen molar-refractivity contribution in [1.82, 2.24) is 19.9 Å². The van der Waals surface area contributed by atoms with Crippen LogP contribution >= 0.6 is 0 Å². The van der Waals surface area contributed by atoms with Crippen LogP contribution in [0.15, 0.2) is 53.5 Å². The summed E-state index contributed by atoms with van der Waals surface area (Å²) in [5.41, 5.74) is 3.97. The highest BCUT2D eigenvalue weighted by Crippen LogP contribution is 2.23. The molecule has 0 radical (unpaired) electrons. The van der Waals surface area contributed by atoms with Crippen molar-refractivity contribution in [2.75, 3.05) is 38.2 Å². The van der Waals surface area contributed by atoms with E-state index in [4.69, 9.17) is 4.74 Å². The van der Waals surface area contributed by atoms with E-state index in [0.29, 0.717) is 12.2 Å². The van der Waals surface area contributed by atoms with Gasteiger partial charge in [0.05, 0.1) is 19.3 Å². The number of H-pyrrole nitrogens is 1. The average molecular weight is 420 g/mol. The van der Waals surface area contributed by atoms with Crippen LogP contribution in [0.3, 0.4) is 0 Å². The number of rotatable bonds is 7. The normalized spacial score (nSPS) is 15.5. The van der Waals surface area contributed by atoms with E-state index < -0.39 is 0 Å². The maximum atomic E-state index is 11.9. The molecule has 7 nitrogen and oxygen atoms in total. The van der Waals surface area contributed by atoms with Crippen LogP contribution in [0.5, 0.6) is 0 Å². The largest absolute Gasteiger partial charge is 0.379 e. The Labute approximate surface area is 182 Å². The van der Waals surface area contributed by atoms with Gasteiger partial charge >= 0.3 is 0 Å². The number of nitrogens with zero attached hydrogens (tertiary/aromatic N) is 3. The summed E-state index contributed by atoms with van der Waals surface area (Å²) in [4.78, 5) is 26.2. The molecule has 0 aliphatic carbocycles. The number of aryl methyl sites for hydroxylation is 2. The third-order valence-electron chi connectivity index (χ3n) is 5.62. The number of hydrogen-bond donors (Lipinski definition) is 2. The van der Waals surface area contributed by atoms with Crippen LogP contribution in [0.2, 0.25) is 0 Å². The van der Waals surface area contributed by atoms with Gasteiger partial charge < -0.3 is 15.0 Å². The van der Waals surface area contributed by atoms with Gasteiger partial charge in [0.15, 0.2) is 0 Å². The lowest BCUT2D eigenvalue weighted by Crippen LogP contribution is -2.41. The van der Waals surface area contributed by atoms with Crippen molar-refractivity contribution >= 4 is 5.82 Å². The first-order valence-electron chi connectivity index (χ1n) is 10.8. The van der Waals surface area contributed by atoms with Gasteiger partial charge in [0.1, 0.15) is 11.6 Å². The van der Waals surface area contributed by atoms with Gasteiger partial charge in [0.25, 0.3) is 5.56 Å². The molecule has 0 spiro atoms. The lowest BCUT2D eigenvalue weighted by molar-refractivity contribution is 0.0187. The smallest absolute Gasteiger partial charge is 0.251 e. The zero-order valence-electron chi connectivity index (χ0n) is 18.1. The van der Waals surface area contributed by atoms with E-state index >= 15 is 0 Å². The van der Waals surface area contributed by atoms with Gasteiger partial charge in [-0.1, -0.05) is 36.8 Å². The van der Waals surface area contributed by atoms with E-state index in [1.165, 1.54) is 17.2 Å². The molecule has 1 unspecified atom stereocenters. The van der Waals surface area contributed by atoms with E-state index in [0.717, 1.165) is 49.9 Å². The first-order chi connectivity index (χ1) is 15.1. The summed E-state index contributed by atoms with van der Waals surface area (Å²) < 4.78 is 5.54. The topological polar surface area (TPSA) is 83.1 Å². The summed E-state index contributed by atoms with van der Waals surface area (Å²) in [6.45, 7) is 8.19. The number of hydrogen-bond acceptors (Lipinski definition) is 6. The molecule has 0 bridgehead atoms. The van der Waals surface area contributed by atoms with Gasteiger partial charge in [-0.3, -0.25) is 9.69 Å². The van der Waals surface area contributed by atoms with Crippen molar-refractivity contribution in [2.45, 2.75) is 26.3 Å². The molecule has 3 aromatic rings. The first kappa shape index (κ1) is 21.2. The van der Waals surface area contributed by atoms with Crippen LogP contribution in [0.1, 0.15) is 29.8 Å². The summed E-state index contributed by atoms with van der Waals surface area (Å²) in [5, 5.41) is 3.48. The molecule has 1 atom stereocenters. The number of anilines is 1. The Hall–Kier alpha value is -3.03. The predicted molar refractivity (Wildman–Crippen MR) is 122 cm³/mol. The SMILES string of the molecule is CCc1cc(=O)[nH]c(-c2ccc(NCC(c3ccc(C)cc3)N3CCOCC3)nc2)n1. The number of pyridine rings is 1. The zero-order valence-corrected chi connectivity index (χ0v) is 18.1. The minimum Gasteiger partial charge on any atom is -0.379 e. The second-order valence-corrected chi connectivity index (χ2v) is 7.83. The fourth-order valence-electron chi connectivity index (χ4n) is 3.80. The van der Waals surface area contributed by atoms with Gasteiger partial charge in [-0.2, -0.15) is 0 Å². The Morgan fingerprint density at radius 2 is 1.94 bits per heavy atom. The molecule has 2 aromatic heterocycles. The number of benzene rings is 1. The minimum absolute atomic E-state index is 0.143. The van der Waals surface area contributed by atoms with Gasteiger partial charge in [-0.05, 0) is 31.0 Å². The van der Waals surface area contributed by atoms with Crippen molar-refractivity contribution < 1.29 is 4.74 Å². The van der Waals surface area contributed by atoms with Crippen molar-refractivity contribution in [3.63, 3.8) is 0 Å². The Balaban J connectivity index is 1.48. The number of aromatic amines is 1. The van der Waals surface area contributed by atoms with E-state index in [1.807, 2.05) is 19.1 Å². The molecule has 2 N–H and O–H groups in total. The molecular weight excluding hydrogens is 390 g/mol. The maximum Gasteiger partial charge on any atom is 0.251 e. The highest BCUT2D eigenvalue weighted by Gasteiger charge is 2.22. The van der Waals surface area contributed by atoms with Crippen molar-refractivity contribution in [3.8, 4) is 11.4 Å². The molecule has 162 valence electrons. The second kappa shape index (κ2) is 9.85. The predicted octanol–water partition coefficient (Wildman–Crippen LogP) is 3.19. The number of morpholine rings is 1. The van der Waals surface area contributed by atoms with Gasteiger partial charge in [0.2, 0.25) is 0 Å². The second-order valence-electron chi connectivity index (χ2n) is 7.83. The number of nitrogens with one attached hydrogen (secondary N) is 2. The Bertz CT molecular complexity index is 1040. The van der Waals surface area contributed by atoms with Crippen LogP contribution in [-0.4, -0.2) is 52.7 Å². The first-order valence-corrected chi connectivity index (χ1v) is 10.8. The third-order valence-corrected chi connectivity index (χ3v) is 5.62. The van der Waals surface area contributed by atoms with E-state index in [1.54, 1.807) is 6.20 Å². The summed E-state index contributed by atoms with van der Waals surface area (Å²) in [5.74, 6) is 1.34. The third kappa shape index (κ3) is 5.37. The fourth-order valence-corrected chi connectivity index (χ4v) is 3.80. The number of ether oxygens (including phenoxy) is 1. The Morgan fingerprint density at radius 3 is 2.61 bits per heavy atom. The number of aromatic nitrogens is 3. The van der Waals surface area contributed by atoms with Crippen LogP contribution in [0.4, 0.5) is 5.82 Å². The molecule has 4 rings (SSSR count).